The zero-order valence-electron chi connectivity index (χ0n) is 16.0. The molecule has 0 fully saturated rings. The van der Waals surface area contributed by atoms with E-state index in [9.17, 15) is 4.79 Å². The summed E-state index contributed by atoms with van der Waals surface area (Å²) < 4.78 is 15.7. The summed E-state index contributed by atoms with van der Waals surface area (Å²) in [5, 5.41) is 5.04. The monoisotopic (exact) mass is 400 g/mol. The van der Waals surface area contributed by atoms with Crippen molar-refractivity contribution in [2.24, 2.45) is 0 Å². The van der Waals surface area contributed by atoms with E-state index >= 15 is 0 Å². The van der Waals surface area contributed by atoms with Gasteiger partial charge in [-0.2, -0.15) is 0 Å². The van der Waals surface area contributed by atoms with Crippen LogP contribution in [0.4, 0.5) is 4.79 Å². The van der Waals surface area contributed by atoms with E-state index in [1.165, 1.54) is 4.88 Å². The van der Waals surface area contributed by atoms with Gasteiger partial charge in [0, 0.05) is 23.5 Å². The van der Waals surface area contributed by atoms with Gasteiger partial charge in [0.05, 0.1) is 33.3 Å². The van der Waals surface area contributed by atoms with Crippen LogP contribution in [0.15, 0.2) is 58.7 Å². The van der Waals surface area contributed by atoms with Gasteiger partial charge in [0.25, 0.3) is 0 Å². The molecule has 2 aromatic heterocycles. The molecule has 0 unspecified atom stereocenters. The van der Waals surface area contributed by atoms with Gasteiger partial charge in [0.2, 0.25) is 0 Å². The molecule has 0 aliphatic carbocycles. The minimum Gasteiger partial charge on any atom is -0.493 e. The Morgan fingerprint density at radius 1 is 1.14 bits per heavy atom. The van der Waals surface area contributed by atoms with Crippen LogP contribution in [0.5, 0.6) is 11.5 Å². The third kappa shape index (κ3) is 5.29. The summed E-state index contributed by atoms with van der Waals surface area (Å²) in [6.07, 6.45) is 4.10. The molecule has 3 aromatic rings. The minimum absolute atomic E-state index is 0.118. The predicted octanol–water partition coefficient (Wildman–Crippen LogP) is 4.31. The van der Waals surface area contributed by atoms with E-state index in [0.29, 0.717) is 31.1 Å². The number of amides is 2. The molecule has 0 atom stereocenters. The van der Waals surface area contributed by atoms with E-state index in [-0.39, 0.29) is 6.03 Å². The van der Waals surface area contributed by atoms with Crippen molar-refractivity contribution in [2.75, 3.05) is 20.8 Å². The third-order valence-electron chi connectivity index (χ3n) is 4.34. The van der Waals surface area contributed by atoms with Crippen LogP contribution in [0.1, 0.15) is 16.0 Å². The van der Waals surface area contributed by atoms with Gasteiger partial charge in [-0.15, -0.1) is 11.3 Å². The Morgan fingerprint density at radius 2 is 2.00 bits per heavy atom. The summed E-state index contributed by atoms with van der Waals surface area (Å²) in [7, 11) is 3.19. The SMILES string of the molecule is COc1ccc(CNC(=O)N(CCc2cccs2)Cc2ccoc2)cc1OC. The summed E-state index contributed by atoms with van der Waals surface area (Å²) >= 11 is 1.70. The Morgan fingerprint density at radius 3 is 2.68 bits per heavy atom. The first-order chi connectivity index (χ1) is 13.7. The summed E-state index contributed by atoms with van der Waals surface area (Å²) in [4.78, 5) is 15.9. The summed E-state index contributed by atoms with van der Waals surface area (Å²) in [6.45, 7) is 1.53. The fourth-order valence-corrected chi connectivity index (χ4v) is 3.53. The van der Waals surface area contributed by atoms with Crippen molar-refractivity contribution in [3.63, 3.8) is 0 Å². The van der Waals surface area contributed by atoms with Gasteiger partial charge in [-0.1, -0.05) is 12.1 Å². The molecule has 2 amide bonds. The summed E-state index contributed by atoms with van der Waals surface area (Å²) in [5.41, 5.74) is 1.90. The Balaban J connectivity index is 1.63. The topological polar surface area (TPSA) is 63.9 Å². The molecule has 0 spiro atoms. The number of benzene rings is 1. The quantitative estimate of drug-likeness (QED) is 0.581. The van der Waals surface area contributed by atoms with Crippen molar-refractivity contribution in [2.45, 2.75) is 19.5 Å². The third-order valence-corrected chi connectivity index (χ3v) is 5.28. The van der Waals surface area contributed by atoms with Crippen molar-refractivity contribution in [3.8, 4) is 11.5 Å². The van der Waals surface area contributed by atoms with Crippen molar-refractivity contribution < 1.29 is 18.7 Å². The van der Waals surface area contributed by atoms with Crippen molar-refractivity contribution in [3.05, 3.63) is 70.3 Å². The normalized spacial score (nSPS) is 10.5. The fourth-order valence-electron chi connectivity index (χ4n) is 2.84. The number of rotatable bonds is 9. The second-order valence-corrected chi connectivity index (χ2v) is 7.26. The Hall–Kier alpha value is -2.93. The molecule has 1 N–H and O–H groups in total. The van der Waals surface area contributed by atoms with Gasteiger partial charge < -0.3 is 24.1 Å². The number of thiophene rings is 1. The molecule has 3 rings (SSSR count). The van der Waals surface area contributed by atoms with Crippen molar-refractivity contribution in [1.82, 2.24) is 10.2 Å². The number of ether oxygens (including phenoxy) is 2. The highest BCUT2D eigenvalue weighted by molar-refractivity contribution is 7.09. The lowest BCUT2D eigenvalue weighted by molar-refractivity contribution is 0.195. The van der Waals surface area contributed by atoms with Gasteiger partial charge in [-0.05, 0) is 41.6 Å². The largest absolute Gasteiger partial charge is 0.493 e. The van der Waals surface area contributed by atoms with Gasteiger partial charge in [0.1, 0.15) is 0 Å². The maximum Gasteiger partial charge on any atom is 0.317 e. The van der Waals surface area contributed by atoms with Gasteiger partial charge in [-0.25, -0.2) is 4.79 Å². The molecule has 0 aliphatic rings. The highest BCUT2D eigenvalue weighted by Crippen LogP contribution is 2.27. The molecule has 28 heavy (non-hydrogen) atoms. The lowest BCUT2D eigenvalue weighted by Gasteiger charge is -2.22. The molecule has 0 bridgehead atoms. The average molecular weight is 401 g/mol. The van der Waals surface area contributed by atoms with Crippen LogP contribution in [0, 0.1) is 0 Å². The van der Waals surface area contributed by atoms with Crippen LogP contribution in [-0.4, -0.2) is 31.7 Å². The van der Waals surface area contributed by atoms with Crippen LogP contribution in [-0.2, 0) is 19.5 Å². The smallest absolute Gasteiger partial charge is 0.317 e. The van der Waals surface area contributed by atoms with Crippen LogP contribution in [0.25, 0.3) is 0 Å². The number of furan rings is 1. The molecular formula is C21H24N2O4S. The average Bonchev–Trinajstić information content (AvgIpc) is 3.43. The maximum absolute atomic E-state index is 12.8. The van der Waals surface area contributed by atoms with E-state index in [1.807, 2.05) is 35.7 Å². The Kier molecular flexibility index (Phi) is 6.97. The van der Waals surface area contributed by atoms with Gasteiger partial charge in [-0.3, -0.25) is 0 Å². The van der Waals surface area contributed by atoms with E-state index in [0.717, 1.165) is 17.5 Å². The number of nitrogens with zero attached hydrogens (tertiary/aromatic N) is 1. The Bertz CT molecular complexity index is 863. The number of hydrogen-bond acceptors (Lipinski definition) is 5. The number of carbonyl (C=O) groups is 1. The molecule has 0 radical (unpaired) electrons. The first-order valence-electron chi connectivity index (χ1n) is 8.96. The molecular weight excluding hydrogens is 376 g/mol. The van der Waals surface area contributed by atoms with E-state index < -0.39 is 0 Å². The van der Waals surface area contributed by atoms with Crippen LogP contribution in [0.3, 0.4) is 0 Å². The maximum atomic E-state index is 12.8. The molecule has 148 valence electrons. The van der Waals surface area contributed by atoms with E-state index in [1.54, 1.807) is 43.0 Å². The van der Waals surface area contributed by atoms with Gasteiger partial charge >= 0.3 is 6.03 Å². The van der Waals surface area contributed by atoms with Crippen LogP contribution >= 0.6 is 11.3 Å². The number of nitrogens with one attached hydrogen (secondary N) is 1. The second kappa shape index (κ2) is 9.85. The van der Waals surface area contributed by atoms with Crippen LogP contribution < -0.4 is 14.8 Å². The van der Waals surface area contributed by atoms with E-state index in [2.05, 4.69) is 11.4 Å². The highest BCUT2D eigenvalue weighted by atomic mass is 32.1. The lowest BCUT2D eigenvalue weighted by atomic mass is 10.2. The predicted molar refractivity (Wildman–Crippen MR) is 109 cm³/mol. The number of urea groups is 1. The molecule has 0 saturated carbocycles. The Labute approximate surface area is 168 Å². The molecule has 0 aliphatic heterocycles. The second-order valence-electron chi connectivity index (χ2n) is 6.23. The number of carbonyl (C=O) groups excluding carboxylic acids is 1. The zero-order valence-corrected chi connectivity index (χ0v) is 16.8. The fraction of sp³-hybridized carbons (Fsp3) is 0.286. The number of hydrogen-bond donors (Lipinski definition) is 1. The van der Waals surface area contributed by atoms with Gasteiger partial charge in [0.15, 0.2) is 11.5 Å². The highest BCUT2D eigenvalue weighted by Gasteiger charge is 2.15. The first-order valence-corrected chi connectivity index (χ1v) is 9.84. The van der Waals surface area contributed by atoms with Crippen molar-refractivity contribution in [1.29, 1.82) is 0 Å². The summed E-state index contributed by atoms with van der Waals surface area (Å²) in [5.74, 6) is 1.30. The first kappa shape index (κ1) is 19.8. The molecule has 2 heterocycles. The summed E-state index contributed by atoms with van der Waals surface area (Å²) in [6, 6.07) is 11.5. The van der Waals surface area contributed by atoms with Crippen molar-refractivity contribution >= 4 is 17.4 Å². The number of methoxy groups -OCH3 is 2. The standard InChI is InChI=1S/C21H24N2O4S/c1-25-19-6-5-16(12-20(19)26-2)13-22-21(24)23(14-17-8-10-27-15-17)9-7-18-4-3-11-28-18/h3-6,8,10-12,15H,7,9,13-14H2,1-2H3,(H,22,24). The van der Waals surface area contributed by atoms with Crippen LogP contribution in [0.2, 0.25) is 0 Å². The zero-order chi connectivity index (χ0) is 19.8. The molecule has 6 nitrogen and oxygen atoms in total. The van der Waals surface area contributed by atoms with E-state index in [4.69, 9.17) is 13.9 Å². The molecule has 0 saturated heterocycles. The molecule has 1 aromatic carbocycles. The lowest BCUT2D eigenvalue weighted by Crippen LogP contribution is -2.40. The minimum atomic E-state index is -0.118. The molecule has 7 heteroatoms.